The number of para-hydroxylation sites is 1. The molecular weight excluding hydrogens is 333 g/mol. The molecule has 3 rings (SSSR count). The van der Waals surface area contributed by atoms with Gasteiger partial charge in [-0.05, 0) is 36.8 Å². The normalized spacial score (nSPS) is 13.0. The number of halogens is 3. The molecule has 0 aliphatic rings. The van der Waals surface area contributed by atoms with Gasteiger partial charge in [0.05, 0.1) is 17.3 Å². The van der Waals surface area contributed by atoms with Gasteiger partial charge in [0.25, 0.3) is 0 Å². The van der Waals surface area contributed by atoms with E-state index in [1.54, 1.807) is 31.2 Å². The summed E-state index contributed by atoms with van der Waals surface area (Å²) in [6.45, 7) is 1.76. The summed E-state index contributed by atoms with van der Waals surface area (Å²) in [6.07, 6.45) is -3.35. The third-order valence-electron chi connectivity index (χ3n) is 3.97. The van der Waals surface area contributed by atoms with Crippen LogP contribution in [0.25, 0.3) is 5.69 Å². The van der Waals surface area contributed by atoms with Crippen molar-refractivity contribution in [2.24, 2.45) is 0 Å². The molecular formula is C17H15F3N4O. The average molecular weight is 348 g/mol. The summed E-state index contributed by atoms with van der Waals surface area (Å²) >= 11 is 0. The van der Waals surface area contributed by atoms with Gasteiger partial charge >= 0.3 is 11.9 Å². The summed E-state index contributed by atoms with van der Waals surface area (Å²) in [5.74, 6) is 0. The highest BCUT2D eigenvalue weighted by atomic mass is 19.4. The second kappa shape index (κ2) is 6.12. The number of rotatable bonds is 3. The maximum absolute atomic E-state index is 13.2. The van der Waals surface area contributed by atoms with E-state index in [-0.39, 0.29) is 5.69 Å². The molecule has 3 aromatic rings. The second-order valence-electron chi connectivity index (χ2n) is 5.59. The summed E-state index contributed by atoms with van der Waals surface area (Å²) in [5, 5.41) is 3.87. The first-order valence-electron chi connectivity index (χ1n) is 7.47. The number of hydrogen-bond acceptors (Lipinski definition) is 3. The van der Waals surface area contributed by atoms with Crippen molar-refractivity contribution in [2.45, 2.75) is 19.1 Å². The molecule has 0 saturated carbocycles. The third kappa shape index (κ3) is 3.15. The topological polar surface area (TPSA) is 65.8 Å². The minimum absolute atomic E-state index is 0.303. The van der Waals surface area contributed by atoms with Gasteiger partial charge in [-0.25, -0.2) is 4.79 Å². The fourth-order valence-corrected chi connectivity index (χ4v) is 2.58. The lowest BCUT2D eigenvalue weighted by molar-refractivity contribution is -0.137. The zero-order valence-corrected chi connectivity index (χ0v) is 13.2. The molecule has 1 aromatic heterocycles. The Labute approximate surface area is 141 Å². The molecule has 2 aromatic carbocycles. The Morgan fingerprint density at radius 2 is 1.72 bits per heavy atom. The van der Waals surface area contributed by atoms with Crippen LogP contribution >= 0.6 is 0 Å². The van der Waals surface area contributed by atoms with E-state index >= 15 is 0 Å². The summed E-state index contributed by atoms with van der Waals surface area (Å²) < 4.78 is 41.6. The molecule has 0 saturated heterocycles. The number of aromatic nitrogens is 3. The van der Waals surface area contributed by atoms with E-state index in [2.05, 4.69) is 5.10 Å². The number of nitrogens with two attached hydrogens (primary N) is 1. The average Bonchev–Trinajstić information content (AvgIpc) is 2.95. The Morgan fingerprint density at radius 3 is 2.36 bits per heavy atom. The molecule has 0 aliphatic heterocycles. The Balaban J connectivity index is 2.06. The maximum atomic E-state index is 13.2. The van der Waals surface area contributed by atoms with Gasteiger partial charge in [-0.1, -0.05) is 24.3 Å². The van der Waals surface area contributed by atoms with Crippen molar-refractivity contribution >= 4 is 5.69 Å². The lowest BCUT2D eigenvalue weighted by atomic mass is 10.1. The number of hydrogen-bond donors (Lipinski definition) is 1. The van der Waals surface area contributed by atoms with Crippen LogP contribution in [0.3, 0.4) is 0 Å². The van der Waals surface area contributed by atoms with Crippen molar-refractivity contribution in [2.75, 3.05) is 5.73 Å². The van der Waals surface area contributed by atoms with Gasteiger partial charge in [0.1, 0.15) is 6.33 Å². The highest BCUT2D eigenvalue weighted by Crippen LogP contribution is 2.33. The largest absolute Gasteiger partial charge is 0.418 e. The zero-order chi connectivity index (χ0) is 18.2. The molecule has 2 N–H and O–H groups in total. The Morgan fingerprint density at radius 1 is 1.08 bits per heavy atom. The minimum Gasteiger partial charge on any atom is -0.399 e. The van der Waals surface area contributed by atoms with Crippen molar-refractivity contribution in [1.29, 1.82) is 0 Å². The van der Waals surface area contributed by atoms with Crippen LogP contribution in [0.5, 0.6) is 0 Å². The predicted molar refractivity (Wildman–Crippen MR) is 87.5 cm³/mol. The van der Waals surface area contributed by atoms with Gasteiger partial charge in [-0.3, -0.25) is 4.57 Å². The first-order chi connectivity index (χ1) is 11.8. The van der Waals surface area contributed by atoms with Crippen LogP contribution in [0.4, 0.5) is 18.9 Å². The van der Waals surface area contributed by atoms with Crippen LogP contribution in [0.1, 0.15) is 24.1 Å². The molecule has 0 amide bonds. The first kappa shape index (κ1) is 16.8. The second-order valence-corrected chi connectivity index (χ2v) is 5.59. The van der Waals surface area contributed by atoms with Crippen molar-refractivity contribution in [3.8, 4) is 5.69 Å². The van der Waals surface area contributed by atoms with Crippen LogP contribution in [-0.4, -0.2) is 14.3 Å². The van der Waals surface area contributed by atoms with E-state index in [9.17, 15) is 18.0 Å². The van der Waals surface area contributed by atoms with E-state index in [1.807, 2.05) is 0 Å². The Bertz CT molecular complexity index is 942. The van der Waals surface area contributed by atoms with Crippen LogP contribution in [-0.2, 0) is 6.18 Å². The summed E-state index contributed by atoms with van der Waals surface area (Å²) in [6, 6.07) is 11.3. The molecule has 1 heterocycles. The highest BCUT2D eigenvalue weighted by molar-refractivity contribution is 5.42. The molecule has 8 heteroatoms. The van der Waals surface area contributed by atoms with Gasteiger partial charge in [0.15, 0.2) is 0 Å². The zero-order valence-electron chi connectivity index (χ0n) is 13.2. The monoisotopic (exact) mass is 348 g/mol. The number of benzene rings is 2. The van der Waals surface area contributed by atoms with E-state index in [0.29, 0.717) is 5.69 Å². The molecule has 130 valence electrons. The predicted octanol–water partition coefficient (Wildman–Crippen LogP) is 3.24. The van der Waals surface area contributed by atoms with Gasteiger partial charge < -0.3 is 5.73 Å². The van der Waals surface area contributed by atoms with Crippen molar-refractivity contribution < 1.29 is 13.2 Å². The van der Waals surface area contributed by atoms with Gasteiger partial charge in [0, 0.05) is 5.69 Å². The van der Waals surface area contributed by atoms with Crippen LogP contribution in [0.2, 0.25) is 0 Å². The summed E-state index contributed by atoms with van der Waals surface area (Å²) in [4.78, 5) is 12.6. The lowest BCUT2D eigenvalue weighted by Crippen LogP contribution is -2.27. The summed E-state index contributed by atoms with van der Waals surface area (Å²) in [7, 11) is 0. The van der Waals surface area contributed by atoms with E-state index in [4.69, 9.17) is 5.73 Å². The van der Waals surface area contributed by atoms with E-state index < -0.39 is 23.5 Å². The molecule has 25 heavy (non-hydrogen) atoms. The summed E-state index contributed by atoms with van der Waals surface area (Å²) in [5.41, 5.74) is 5.15. The fraction of sp³-hybridized carbons (Fsp3) is 0.176. The minimum atomic E-state index is -4.58. The van der Waals surface area contributed by atoms with Gasteiger partial charge in [-0.2, -0.15) is 23.0 Å². The van der Waals surface area contributed by atoms with Crippen LogP contribution < -0.4 is 11.4 Å². The number of nitrogens with zero attached hydrogens (tertiary/aromatic N) is 3. The Hall–Kier alpha value is -3.03. The molecule has 0 bridgehead atoms. The van der Waals surface area contributed by atoms with Crippen molar-refractivity contribution in [3.05, 3.63) is 76.5 Å². The molecule has 0 fully saturated rings. The molecule has 1 atom stereocenters. The van der Waals surface area contributed by atoms with Crippen LogP contribution in [0, 0.1) is 0 Å². The lowest BCUT2D eigenvalue weighted by Gasteiger charge is -2.13. The van der Waals surface area contributed by atoms with Gasteiger partial charge in [-0.15, -0.1) is 0 Å². The molecule has 1 unspecified atom stereocenters. The molecule has 0 radical (unpaired) electrons. The number of nitrogen functional groups attached to an aromatic ring is 1. The number of anilines is 1. The van der Waals surface area contributed by atoms with Crippen molar-refractivity contribution in [1.82, 2.24) is 14.3 Å². The highest BCUT2D eigenvalue weighted by Gasteiger charge is 2.34. The number of alkyl halides is 3. The molecule has 5 nitrogen and oxygen atoms in total. The molecule has 0 spiro atoms. The SMILES string of the molecule is CC(c1ccc(N)cc1)n1cnn(-c2ccccc2C(F)(F)F)c1=O. The van der Waals surface area contributed by atoms with Gasteiger partial charge in [0.2, 0.25) is 0 Å². The van der Waals surface area contributed by atoms with Crippen LogP contribution in [0.15, 0.2) is 59.7 Å². The molecule has 0 aliphatic carbocycles. The third-order valence-corrected chi connectivity index (χ3v) is 3.97. The quantitative estimate of drug-likeness (QED) is 0.739. The van der Waals surface area contributed by atoms with Crippen molar-refractivity contribution in [3.63, 3.8) is 0 Å². The first-order valence-corrected chi connectivity index (χ1v) is 7.47. The standard InChI is InChI=1S/C17H15F3N4O/c1-11(12-6-8-13(21)9-7-12)23-10-22-24(16(23)25)15-5-3-2-4-14(15)17(18,19)20/h2-11H,21H2,1H3. The maximum Gasteiger partial charge on any atom is 0.418 e. The Kier molecular flexibility index (Phi) is 4.12. The smallest absolute Gasteiger partial charge is 0.399 e. The van der Waals surface area contributed by atoms with E-state index in [0.717, 1.165) is 16.3 Å². The van der Waals surface area contributed by atoms with E-state index in [1.165, 1.54) is 29.1 Å². The fourth-order valence-electron chi connectivity index (χ4n) is 2.58.